The molecule has 1 aliphatic carbocycles. The van der Waals surface area contributed by atoms with E-state index >= 15 is 0 Å². The van der Waals surface area contributed by atoms with Crippen molar-refractivity contribution in [2.24, 2.45) is 11.8 Å². The first-order valence-electron chi connectivity index (χ1n) is 8.02. The molecule has 3 fully saturated rings. The smallest absolute Gasteiger partial charge is 0.317 e. The van der Waals surface area contributed by atoms with Crippen LogP contribution in [0.1, 0.15) is 39.0 Å². The number of nitrogens with zero attached hydrogens (tertiary/aromatic N) is 2. The summed E-state index contributed by atoms with van der Waals surface area (Å²) in [5.41, 5.74) is 0. The van der Waals surface area contributed by atoms with Gasteiger partial charge in [-0.1, -0.05) is 13.3 Å². The van der Waals surface area contributed by atoms with Crippen molar-refractivity contribution in [1.29, 1.82) is 0 Å². The molecule has 0 aromatic heterocycles. The standard InChI is InChI=1S/C15H27N3O/c1-12-4-2-5-13-6-3-8-17(14(12)13)10-11-18-9-7-16-15(18)19/h12-14H,2-11H2,1H3,(H,16,19)/t12-,13-,14-/m1/s1. The fraction of sp³-hybridized carbons (Fsp3) is 0.933. The number of nitrogens with one attached hydrogen (secondary N) is 1. The Balaban J connectivity index is 1.57. The molecule has 1 saturated carbocycles. The van der Waals surface area contributed by atoms with E-state index < -0.39 is 0 Å². The number of piperidine rings is 1. The number of likely N-dealkylation sites (tertiary alicyclic amines) is 1. The van der Waals surface area contributed by atoms with Gasteiger partial charge in [0.25, 0.3) is 0 Å². The van der Waals surface area contributed by atoms with Crippen LogP contribution in [-0.4, -0.2) is 54.6 Å². The predicted octanol–water partition coefficient (Wildman–Crippen LogP) is 1.91. The van der Waals surface area contributed by atoms with Crippen LogP contribution in [0, 0.1) is 11.8 Å². The van der Waals surface area contributed by atoms with Gasteiger partial charge in [-0.05, 0) is 44.1 Å². The van der Waals surface area contributed by atoms with Gasteiger partial charge in [0, 0.05) is 32.2 Å². The van der Waals surface area contributed by atoms with E-state index in [1.54, 1.807) is 0 Å². The minimum absolute atomic E-state index is 0.130. The maximum absolute atomic E-state index is 11.6. The third kappa shape index (κ3) is 2.73. The lowest BCUT2D eigenvalue weighted by Crippen LogP contribution is -2.52. The van der Waals surface area contributed by atoms with E-state index in [0.29, 0.717) is 0 Å². The van der Waals surface area contributed by atoms with Crippen LogP contribution in [0.15, 0.2) is 0 Å². The third-order valence-electron chi connectivity index (χ3n) is 5.34. The highest BCUT2D eigenvalue weighted by Crippen LogP contribution is 2.38. The molecule has 0 radical (unpaired) electrons. The zero-order chi connectivity index (χ0) is 13.2. The first-order valence-corrected chi connectivity index (χ1v) is 8.02. The van der Waals surface area contributed by atoms with Gasteiger partial charge in [-0.3, -0.25) is 4.90 Å². The van der Waals surface area contributed by atoms with Crippen LogP contribution in [-0.2, 0) is 0 Å². The summed E-state index contributed by atoms with van der Waals surface area (Å²) in [4.78, 5) is 16.2. The molecule has 108 valence electrons. The van der Waals surface area contributed by atoms with Gasteiger partial charge in [-0.25, -0.2) is 4.79 Å². The fourth-order valence-electron chi connectivity index (χ4n) is 4.42. The lowest BCUT2D eigenvalue weighted by Gasteiger charge is -2.47. The molecule has 2 saturated heterocycles. The fourth-order valence-corrected chi connectivity index (χ4v) is 4.42. The second-order valence-corrected chi connectivity index (χ2v) is 6.56. The lowest BCUT2D eigenvalue weighted by molar-refractivity contribution is 0.0221. The molecule has 2 aliphatic heterocycles. The number of urea groups is 1. The summed E-state index contributed by atoms with van der Waals surface area (Å²) in [6, 6.07) is 0.915. The number of carbonyl (C=O) groups is 1. The normalized spacial score (nSPS) is 36.2. The number of hydrogen-bond acceptors (Lipinski definition) is 2. The van der Waals surface area contributed by atoms with Gasteiger partial charge in [-0.2, -0.15) is 0 Å². The van der Waals surface area contributed by atoms with Crippen LogP contribution in [0.25, 0.3) is 0 Å². The van der Waals surface area contributed by atoms with Crippen molar-refractivity contribution in [1.82, 2.24) is 15.1 Å². The van der Waals surface area contributed by atoms with E-state index in [1.807, 2.05) is 4.90 Å². The van der Waals surface area contributed by atoms with Crippen molar-refractivity contribution in [3.05, 3.63) is 0 Å². The summed E-state index contributed by atoms with van der Waals surface area (Å²) >= 11 is 0. The first-order chi connectivity index (χ1) is 9.25. The Labute approximate surface area is 116 Å². The Bertz CT molecular complexity index is 331. The topological polar surface area (TPSA) is 35.6 Å². The van der Waals surface area contributed by atoms with Crippen LogP contribution < -0.4 is 5.32 Å². The predicted molar refractivity (Wildman–Crippen MR) is 76.1 cm³/mol. The summed E-state index contributed by atoms with van der Waals surface area (Å²) in [6.45, 7) is 7.34. The number of rotatable bonds is 3. The summed E-state index contributed by atoms with van der Waals surface area (Å²) < 4.78 is 0. The summed E-state index contributed by atoms with van der Waals surface area (Å²) in [6.07, 6.45) is 7.01. The van der Waals surface area contributed by atoms with E-state index in [4.69, 9.17) is 0 Å². The van der Waals surface area contributed by atoms with Crippen molar-refractivity contribution < 1.29 is 4.79 Å². The van der Waals surface area contributed by atoms with Crippen LogP contribution in [0.3, 0.4) is 0 Å². The van der Waals surface area contributed by atoms with Gasteiger partial charge in [0.2, 0.25) is 0 Å². The molecule has 4 nitrogen and oxygen atoms in total. The summed E-state index contributed by atoms with van der Waals surface area (Å²) in [7, 11) is 0. The number of amides is 2. The molecule has 3 rings (SSSR count). The largest absolute Gasteiger partial charge is 0.336 e. The molecule has 19 heavy (non-hydrogen) atoms. The molecular formula is C15H27N3O. The van der Waals surface area contributed by atoms with Gasteiger partial charge in [0.15, 0.2) is 0 Å². The maximum atomic E-state index is 11.6. The van der Waals surface area contributed by atoms with Crippen LogP contribution in [0.2, 0.25) is 0 Å². The Morgan fingerprint density at radius 2 is 2.00 bits per heavy atom. The molecule has 3 aliphatic rings. The number of carbonyl (C=O) groups excluding carboxylic acids is 1. The molecule has 0 spiro atoms. The zero-order valence-electron chi connectivity index (χ0n) is 12.1. The average Bonchev–Trinajstić information content (AvgIpc) is 2.82. The molecule has 3 atom stereocenters. The quantitative estimate of drug-likeness (QED) is 0.846. The van der Waals surface area contributed by atoms with E-state index in [1.165, 1.54) is 38.6 Å². The summed E-state index contributed by atoms with van der Waals surface area (Å²) in [5, 5.41) is 2.89. The lowest BCUT2D eigenvalue weighted by atomic mass is 9.73. The average molecular weight is 265 g/mol. The van der Waals surface area contributed by atoms with E-state index in [0.717, 1.165) is 44.1 Å². The molecule has 0 aromatic rings. The monoisotopic (exact) mass is 265 g/mol. The SMILES string of the molecule is C[C@@H]1CCC[C@@H]2CCCN(CCN3CCNC3=O)[C@@H]21. The van der Waals surface area contributed by atoms with Crippen LogP contribution in [0.5, 0.6) is 0 Å². The first kappa shape index (κ1) is 13.2. The molecule has 2 heterocycles. The van der Waals surface area contributed by atoms with Gasteiger partial charge in [0.05, 0.1) is 0 Å². The van der Waals surface area contributed by atoms with Gasteiger partial charge < -0.3 is 10.2 Å². The van der Waals surface area contributed by atoms with Gasteiger partial charge in [-0.15, -0.1) is 0 Å². The minimum atomic E-state index is 0.130. The molecule has 0 unspecified atom stereocenters. The van der Waals surface area contributed by atoms with Crippen LogP contribution >= 0.6 is 0 Å². The van der Waals surface area contributed by atoms with Crippen molar-refractivity contribution in [2.45, 2.75) is 45.1 Å². The highest BCUT2D eigenvalue weighted by Gasteiger charge is 2.37. The molecular weight excluding hydrogens is 238 g/mol. The second kappa shape index (κ2) is 5.70. The number of hydrogen-bond donors (Lipinski definition) is 1. The Morgan fingerprint density at radius 1 is 1.16 bits per heavy atom. The second-order valence-electron chi connectivity index (χ2n) is 6.56. The summed E-state index contributed by atoms with van der Waals surface area (Å²) in [5.74, 6) is 1.76. The molecule has 0 bridgehead atoms. The molecule has 2 amide bonds. The van der Waals surface area contributed by atoms with Crippen molar-refractivity contribution in [2.75, 3.05) is 32.7 Å². The van der Waals surface area contributed by atoms with Gasteiger partial charge in [0.1, 0.15) is 0 Å². The Kier molecular flexibility index (Phi) is 3.96. The zero-order valence-corrected chi connectivity index (χ0v) is 12.1. The molecule has 4 heteroatoms. The van der Waals surface area contributed by atoms with E-state index in [-0.39, 0.29) is 6.03 Å². The third-order valence-corrected chi connectivity index (χ3v) is 5.34. The van der Waals surface area contributed by atoms with E-state index in [9.17, 15) is 4.79 Å². The maximum Gasteiger partial charge on any atom is 0.317 e. The van der Waals surface area contributed by atoms with Crippen molar-refractivity contribution >= 4 is 6.03 Å². The van der Waals surface area contributed by atoms with Gasteiger partial charge >= 0.3 is 6.03 Å². The highest BCUT2D eigenvalue weighted by molar-refractivity contribution is 5.76. The highest BCUT2D eigenvalue weighted by atomic mass is 16.2. The Hall–Kier alpha value is -0.770. The molecule has 0 aromatic carbocycles. The minimum Gasteiger partial charge on any atom is -0.336 e. The van der Waals surface area contributed by atoms with Crippen molar-refractivity contribution in [3.8, 4) is 0 Å². The van der Waals surface area contributed by atoms with E-state index in [2.05, 4.69) is 17.1 Å². The number of fused-ring (bicyclic) bond motifs is 1. The Morgan fingerprint density at radius 3 is 2.79 bits per heavy atom. The molecule has 1 N–H and O–H groups in total. The van der Waals surface area contributed by atoms with Crippen LogP contribution in [0.4, 0.5) is 4.79 Å². The van der Waals surface area contributed by atoms with Crippen molar-refractivity contribution in [3.63, 3.8) is 0 Å².